The number of likely N-dealkylation sites (N-methyl/N-ethyl adjacent to an activating group) is 1. The predicted octanol–water partition coefficient (Wildman–Crippen LogP) is 1.23. The molecule has 3 heteroatoms. The molecule has 0 unspecified atom stereocenters. The van der Waals surface area contributed by atoms with Gasteiger partial charge >= 0.3 is 0 Å². The zero-order chi connectivity index (χ0) is 8.97. The highest BCUT2D eigenvalue weighted by Crippen LogP contribution is 2.09. The van der Waals surface area contributed by atoms with Crippen molar-refractivity contribution in [3.8, 4) is 0 Å². The summed E-state index contributed by atoms with van der Waals surface area (Å²) >= 11 is 0. The van der Waals surface area contributed by atoms with Gasteiger partial charge in [0, 0.05) is 12.7 Å². The van der Waals surface area contributed by atoms with Crippen LogP contribution < -0.4 is 5.32 Å². The molecule has 0 amide bonds. The van der Waals surface area contributed by atoms with Crippen molar-refractivity contribution in [3.63, 3.8) is 0 Å². The van der Waals surface area contributed by atoms with Gasteiger partial charge in [-0.1, -0.05) is 13.8 Å². The van der Waals surface area contributed by atoms with E-state index in [2.05, 4.69) is 30.3 Å². The Bertz CT molecular complexity index is 227. The molecule has 0 spiro atoms. The zero-order valence-electron chi connectivity index (χ0n) is 8.04. The fourth-order valence-corrected chi connectivity index (χ4v) is 1.04. The quantitative estimate of drug-likeness (QED) is 0.731. The summed E-state index contributed by atoms with van der Waals surface area (Å²) in [7, 11) is 1.95. The minimum atomic E-state index is 0.529. The molecule has 0 fully saturated rings. The van der Waals surface area contributed by atoms with Crippen LogP contribution in [0.25, 0.3) is 0 Å². The van der Waals surface area contributed by atoms with Crippen molar-refractivity contribution in [1.82, 2.24) is 15.1 Å². The van der Waals surface area contributed by atoms with Gasteiger partial charge in [0.1, 0.15) is 0 Å². The Morgan fingerprint density at radius 2 is 2.33 bits per heavy atom. The fraction of sp³-hybridized carbons (Fsp3) is 0.667. The van der Waals surface area contributed by atoms with E-state index >= 15 is 0 Å². The van der Waals surface area contributed by atoms with Gasteiger partial charge in [-0.2, -0.15) is 5.10 Å². The highest BCUT2D eigenvalue weighted by atomic mass is 15.3. The number of rotatable bonds is 4. The Balaban J connectivity index is 2.52. The Morgan fingerprint density at radius 1 is 1.58 bits per heavy atom. The zero-order valence-corrected chi connectivity index (χ0v) is 8.04. The predicted molar refractivity (Wildman–Crippen MR) is 50.2 cm³/mol. The second-order valence-electron chi connectivity index (χ2n) is 3.26. The lowest BCUT2D eigenvalue weighted by Gasteiger charge is -2.00. The first-order valence-electron chi connectivity index (χ1n) is 4.42. The van der Waals surface area contributed by atoms with E-state index in [1.807, 2.05) is 17.9 Å². The van der Waals surface area contributed by atoms with Crippen molar-refractivity contribution in [2.24, 2.45) is 0 Å². The molecule has 1 heterocycles. The van der Waals surface area contributed by atoms with Crippen molar-refractivity contribution >= 4 is 0 Å². The minimum absolute atomic E-state index is 0.529. The van der Waals surface area contributed by atoms with Crippen molar-refractivity contribution < 1.29 is 0 Å². The number of nitrogens with zero attached hydrogens (tertiary/aromatic N) is 2. The first-order valence-corrected chi connectivity index (χ1v) is 4.42. The summed E-state index contributed by atoms with van der Waals surface area (Å²) in [6.07, 6.45) is 2.03. The van der Waals surface area contributed by atoms with E-state index in [-0.39, 0.29) is 0 Å². The first kappa shape index (κ1) is 9.26. The van der Waals surface area contributed by atoms with Crippen LogP contribution in [0.3, 0.4) is 0 Å². The molecule has 12 heavy (non-hydrogen) atoms. The topological polar surface area (TPSA) is 29.9 Å². The SMILES string of the molecule is CNCCn1ccc(C(C)C)n1. The van der Waals surface area contributed by atoms with Crippen LogP contribution in [0.4, 0.5) is 0 Å². The largest absolute Gasteiger partial charge is 0.318 e. The van der Waals surface area contributed by atoms with Gasteiger partial charge in [0.15, 0.2) is 0 Å². The van der Waals surface area contributed by atoms with Gasteiger partial charge in [-0.3, -0.25) is 4.68 Å². The molecule has 0 aliphatic carbocycles. The van der Waals surface area contributed by atoms with E-state index in [0.717, 1.165) is 13.1 Å². The summed E-state index contributed by atoms with van der Waals surface area (Å²) in [5.41, 5.74) is 1.17. The van der Waals surface area contributed by atoms with Gasteiger partial charge in [-0.25, -0.2) is 0 Å². The second kappa shape index (κ2) is 4.26. The molecule has 0 aliphatic rings. The van der Waals surface area contributed by atoms with Crippen molar-refractivity contribution in [2.75, 3.05) is 13.6 Å². The molecule has 1 N–H and O–H groups in total. The summed E-state index contributed by atoms with van der Waals surface area (Å²) in [5, 5.41) is 7.52. The maximum absolute atomic E-state index is 4.42. The normalized spacial score (nSPS) is 11.0. The molecule has 0 saturated heterocycles. The summed E-state index contributed by atoms with van der Waals surface area (Å²) in [4.78, 5) is 0. The highest BCUT2D eigenvalue weighted by molar-refractivity contribution is 5.03. The van der Waals surface area contributed by atoms with Gasteiger partial charge in [0.05, 0.1) is 12.2 Å². The lowest BCUT2D eigenvalue weighted by molar-refractivity contribution is 0.573. The summed E-state index contributed by atoms with van der Waals surface area (Å²) in [6.45, 7) is 6.23. The van der Waals surface area contributed by atoms with Gasteiger partial charge in [0.25, 0.3) is 0 Å². The summed E-state index contributed by atoms with van der Waals surface area (Å²) in [6, 6.07) is 2.08. The van der Waals surface area contributed by atoms with Crippen LogP contribution in [0.2, 0.25) is 0 Å². The van der Waals surface area contributed by atoms with Crippen LogP contribution in [0.15, 0.2) is 12.3 Å². The Kier molecular flexibility index (Phi) is 3.29. The molecular weight excluding hydrogens is 150 g/mol. The first-order chi connectivity index (χ1) is 5.74. The monoisotopic (exact) mass is 167 g/mol. The van der Waals surface area contributed by atoms with Crippen molar-refractivity contribution in [2.45, 2.75) is 26.3 Å². The molecule has 1 rings (SSSR count). The lowest BCUT2D eigenvalue weighted by Crippen LogP contribution is -2.15. The maximum atomic E-state index is 4.42. The highest BCUT2D eigenvalue weighted by Gasteiger charge is 2.01. The molecule has 0 saturated carbocycles. The maximum Gasteiger partial charge on any atom is 0.0649 e. The van der Waals surface area contributed by atoms with E-state index in [1.54, 1.807) is 0 Å². The summed E-state index contributed by atoms with van der Waals surface area (Å²) in [5.74, 6) is 0.529. The van der Waals surface area contributed by atoms with Gasteiger partial charge in [-0.05, 0) is 19.0 Å². The van der Waals surface area contributed by atoms with E-state index in [1.165, 1.54) is 5.69 Å². The van der Waals surface area contributed by atoms with Crippen LogP contribution in [-0.2, 0) is 6.54 Å². The average molecular weight is 167 g/mol. The van der Waals surface area contributed by atoms with Gasteiger partial charge in [0.2, 0.25) is 0 Å². The molecule has 0 aliphatic heterocycles. The van der Waals surface area contributed by atoms with Crippen molar-refractivity contribution in [3.05, 3.63) is 18.0 Å². The van der Waals surface area contributed by atoms with Crippen molar-refractivity contribution in [1.29, 1.82) is 0 Å². The smallest absolute Gasteiger partial charge is 0.0649 e. The second-order valence-corrected chi connectivity index (χ2v) is 3.26. The average Bonchev–Trinajstić information content (AvgIpc) is 2.48. The third-order valence-electron chi connectivity index (χ3n) is 1.84. The lowest BCUT2D eigenvalue weighted by atomic mass is 10.1. The third kappa shape index (κ3) is 2.34. The number of aromatic nitrogens is 2. The molecule has 3 nitrogen and oxygen atoms in total. The molecule has 0 atom stereocenters. The van der Waals surface area contributed by atoms with Gasteiger partial charge < -0.3 is 5.32 Å². The standard InChI is InChI=1S/C9H17N3/c1-8(2)9-4-6-12(11-9)7-5-10-3/h4,6,8,10H,5,7H2,1-3H3. The molecule has 0 radical (unpaired) electrons. The molecule has 1 aromatic rings. The van der Waals surface area contributed by atoms with Crippen LogP contribution in [0.5, 0.6) is 0 Å². The third-order valence-corrected chi connectivity index (χ3v) is 1.84. The Morgan fingerprint density at radius 3 is 2.83 bits per heavy atom. The van der Waals surface area contributed by atoms with Crippen LogP contribution >= 0.6 is 0 Å². The van der Waals surface area contributed by atoms with E-state index in [0.29, 0.717) is 5.92 Å². The number of hydrogen-bond acceptors (Lipinski definition) is 2. The Hall–Kier alpha value is -0.830. The van der Waals surface area contributed by atoms with E-state index < -0.39 is 0 Å². The minimum Gasteiger partial charge on any atom is -0.318 e. The van der Waals surface area contributed by atoms with Crippen LogP contribution in [-0.4, -0.2) is 23.4 Å². The van der Waals surface area contributed by atoms with E-state index in [9.17, 15) is 0 Å². The van der Waals surface area contributed by atoms with E-state index in [4.69, 9.17) is 0 Å². The van der Waals surface area contributed by atoms with Crippen LogP contribution in [0.1, 0.15) is 25.5 Å². The number of nitrogens with one attached hydrogen (secondary N) is 1. The number of hydrogen-bond donors (Lipinski definition) is 1. The van der Waals surface area contributed by atoms with Crippen LogP contribution in [0, 0.1) is 0 Å². The molecule has 68 valence electrons. The van der Waals surface area contributed by atoms with Gasteiger partial charge in [-0.15, -0.1) is 0 Å². The Labute approximate surface area is 73.8 Å². The summed E-state index contributed by atoms with van der Waals surface area (Å²) < 4.78 is 1.98. The molecule has 0 bridgehead atoms. The molecule has 1 aromatic heterocycles. The molecular formula is C9H17N3. The molecule has 0 aromatic carbocycles. The fourth-order valence-electron chi connectivity index (χ4n) is 1.04.